The van der Waals surface area contributed by atoms with Crippen molar-refractivity contribution in [1.29, 1.82) is 0 Å². The lowest BCUT2D eigenvalue weighted by molar-refractivity contribution is -0.155. The lowest BCUT2D eigenvalue weighted by Crippen LogP contribution is -2.27. The van der Waals surface area contributed by atoms with Gasteiger partial charge in [-0.05, 0) is 27.7 Å². The molecule has 0 atom stereocenters. The predicted molar refractivity (Wildman–Crippen MR) is 74.9 cm³/mol. The average molecular weight is 281 g/mol. The van der Waals surface area contributed by atoms with Gasteiger partial charge >= 0.3 is 5.97 Å². The average Bonchev–Trinajstić information content (AvgIpc) is 2.60. The zero-order chi connectivity index (χ0) is 15.3. The molecule has 1 aromatic rings. The molecular weight excluding hydrogens is 258 g/mol. The van der Waals surface area contributed by atoms with Gasteiger partial charge in [-0.25, -0.2) is 0 Å². The summed E-state index contributed by atoms with van der Waals surface area (Å²) in [5.74, 6) is -0.524. The largest absolute Gasteiger partial charge is 0.460 e. The molecule has 1 aromatic heterocycles. The molecule has 0 unspecified atom stereocenters. The van der Waals surface area contributed by atoms with Crippen molar-refractivity contribution in [2.75, 3.05) is 0 Å². The summed E-state index contributed by atoms with van der Waals surface area (Å²) in [6.45, 7) is 7.72. The zero-order valence-electron chi connectivity index (χ0n) is 12.8. The van der Waals surface area contributed by atoms with Gasteiger partial charge in [-0.2, -0.15) is 5.10 Å². The molecule has 0 spiro atoms. The van der Waals surface area contributed by atoms with Gasteiger partial charge in [0.05, 0.1) is 12.1 Å². The summed E-state index contributed by atoms with van der Waals surface area (Å²) in [5.41, 5.74) is 1.35. The van der Waals surface area contributed by atoms with Crippen LogP contribution >= 0.6 is 0 Å². The van der Waals surface area contributed by atoms with Gasteiger partial charge in [0.25, 0.3) is 0 Å². The minimum atomic E-state index is -0.514. The molecule has 6 heteroatoms. The van der Waals surface area contributed by atoms with Crippen molar-refractivity contribution in [1.82, 2.24) is 15.1 Å². The van der Waals surface area contributed by atoms with Crippen LogP contribution in [0.1, 0.15) is 44.9 Å². The van der Waals surface area contributed by atoms with Gasteiger partial charge in [0.15, 0.2) is 0 Å². The van der Waals surface area contributed by atoms with E-state index in [-0.39, 0.29) is 24.7 Å². The Hall–Kier alpha value is -1.85. The molecule has 0 aliphatic heterocycles. The molecule has 6 nitrogen and oxygen atoms in total. The topological polar surface area (TPSA) is 73.2 Å². The van der Waals surface area contributed by atoms with E-state index in [1.54, 1.807) is 25.5 Å². The standard InChI is InChI=1S/C14H23N3O3/c1-10-11(9-17(5)16-10)8-15-12(18)6-7-13(19)20-14(2,3)4/h9H,6-8H2,1-5H3,(H,15,18). The Morgan fingerprint density at radius 2 is 2.00 bits per heavy atom. The summed E-state index contributed by atoms with van der Waals surface area (Å²) in [6.07, 6.45) is 2.09. The summed E-state index contributed by atoms with van der Waals surface area (Å²) in [5, 5.41) is 6.97. The number of esters is 1. The third-order valence-corrected chi connectivity index (χ3v) is 2.57. The van der Waals surface area contributed by atoms with Gasteiger partial charge in [-0.3, -0.25) is 14.3 Å². The monoisotopic (exact) mass is 281 g/mol. The molecule has 20 heavy (non-hydrogen) atoms. The fourth-order valence-electron chi connectivity index (χ4n) is 1.71. The molecular formula is C14H23N3O3. The van der Waals surface area contributed by atoms with Crippen molar-refractivity contribution >= 4 is 11.9 Å². The molecule has 0 aromatic carbocycles. The summed E-state index contributed by atoms with van der Waals surface area (Å²) in [4.78, 5) is 23.1. The van der Waals surface area contributed by atoms with Crippen molar-refractivity contribution in [3.05, 3.63) is 17.5 Å². The van der Waals surface area contributed by atoms with E-state index in [1.165, 1.54) is 0 Å². The van der Waals surface area contributed by atoms with Crippen LogP contribution in [0.2, 0.25) is 0 Å². The second-order valence-corrected chi connectivity index (χ2v) is 5.78. The minimum Gasteiger partial charge on any atom is -0.460 e. The van der Waals surface area contributed by atoms with Crippen molar-refractivity contribution < 1.29 is 14.3 Å². The van der Waals surface area contributed by atoms with Gasteiger partial charge in [-0.1, -0.05) is 0 Å². The number of aromatic nitrogens is 2. The fourth-order valence-corrected chi connectivity index (χ4v) is 1.71. The number of nitrogens with one attached hydrogen (secondary N) is 1. The van der Waals surface area contributed by atoms with E-state index < -0.39 is 5.60 Å². The number of carbonyl (C=O) groups is 2. The van der Waals surface area contributed by atoms with Gasteiger partial charge < -0.3 is 10.1 Å². The van der Waals surface area contributed by atoms with E-state index in [0.29, 0.717) is 6.54 Å². The molecule has 0 aliphatic rings. The van der Waals surface area contributed by atoms with Crippen LogP contribution in [0.25, 0.3) is 0 Å². The van der Waals surface area contributed by atoms with Crippen molar-refractivity contribution in [3.63, 3.8) is 0 Å². The number of ether oxygens (including phenoxy) is 1. The Labute approximate surface area is 119 Å². The van der Waals surface area contributed by atoms with E-state index in [2.05, 4.69) is 10.4 Å². The molecule has 112 valence electrons. The molecule has 0 fully saturated rings. The van der Waals surface area contributed by atoms with Gasteiger partial charge in [0.1, 0.15) is 5.60 Å². The first-order valence-corrected chi connectivity index (χ1v) is 6.65. The highest BCUT2D eigenvalue weighted by molar-refractivity contribution is 5.81. The Morgan fingerprint density at radius 1 is 1.35 bits per heavy atom. The van der Waals surface area contributed by atoms with Crippen molar-refractivity contribution in [2.45, 2.75) is 52.7 Å². The first-order valence-electron chi connectivity index (χ1n) is 6.65. The van der Waals surface area contributed by atoms with Gasteiger partial charge in [0, 0.05) is 31.8 Å². The van der Waals surface area contributed by atoms with Crippen LogP contribution in [-0.2, 0) is 27.9 Å². The minimum absolute atomic E-state index is 0.0924. The molecule has 0 radical (unpaired) electrons. The van der Waals surface area contributed by atoms with Crippen LogP contribution in [0.3, 0.4) is 0 Å². The van der Waals surface area contributed by atoms with Crippen LogP contribution in [0, 0.1) is 6.92 Å². The van der Waals surface area contributed by atoms with Crippen molar-refractivity contribution in [3.8, 4) is 0 Å². The normalized spacial score (nSPS) is 11.2. The molecule has 0 aliphatic carbocycles. The fraction of sp³-hybridized carbons (Fsp3) is 0.643. The maximum Gasteiger partial charge on any atom is 0.306 e. The number of amides is 1. The van der Waals surface area contributed by atoms with Crippen LogP contribution in [-0.4, -0.2) is 27.3 Å². The maximum atomic E-state index is 11.7. The second kappa shape index (κ2) is 6.54. The van der Waals surface area contributed by atoms with Gasteiger partial charge in [0.2, 0.25) is 5.91 Å². The van der Waals surface area contributed by atoms with Crippen LogP contribution in [0.5, 0.6) is 0 Å². The summed E-state index contributed by atoms with van der Waals surface area (Å²) < 4.78 is 6.85. The van der Waals surface area contributed by atoms with Crippen LogP contribution in [0.4, 0.5) is 0 Å². The number of hydrogen-bond donors (Lipinski definition) is 1. The van der Waals surface area contributed by atoms with E-state index >= 15 is 0 Å². The van der Waals surface area contributed by atoms with Gasteiger partial charge in [-0.15, -0.1) is 0 Å². The van der Waals surface area contributed by atoms with Crippen LogP contribution < -0.4 is 5.32 Å². The first kappa shape index (κ1) is 16.2. The summed E-state index contributed by atoms with van der Waals surface area (Å²) in [6, 6.07) is 0. The lowest BCUT2D eigenvalue weighted by Gasteiger charge is -2.19. The zero-order valence-corrected chi connectivity index (χ0v) is 12.8. The maximum absolute atomic E-state index is 11.7. The van der Waals surface area contributed by atoms with E-state index in [9.17, 15) is 9.59 Å². The van der Waals surface area contributed by atoms with Crippen LogP contribution in [0.15, 0.2) is 6.20 Å². The molecule has 0 bridgehead atoms. The Bertz CT molecular complexity index is 486. The number of nitrogens with zero attached hydrogens (tertiary/aromatic N) is 2. The van der Waals surface area contributed by atoms with Crippen molar-refractivity contribution in [2.24, 2.45) is 7.05 Å². The number of aryl methyl sites for hydroxylation is 2. The van der Waals surface area contributed by atoms with E-state index in [1.807, 2.05) is 20.2 Å². The van der Waals surface area contributed by atoms with E-state index in [0.717, 1.165) is 11.3 Å². The number of rotatable bonds is 5. The second-order valence-electron chi connectivity index (χ2n) is 5.78. The lowest BCUT2D eigenvalue weighted by atomic mass is 10.2. The highest BCUT2D eigenvalue weighted by Gasteiger charge is 2.17. The molecule has 1 N–H and O–H groups in total. The quantitative estimate of drug-likeness (QED) is 0.829. The third-order valence-electron chi connectivity index (χ3n) is 2.57. The highest BCUT2D eigenvalue weighted by Crippen LogP contribution is 2.09. The highest BCUT2D eigenvalue weighted by atomic mass is 16.6. The third kappa shape index (κ3) is 5.86. The number of carbonyl (C=O) groups excluding carboxylic acids is 2. The number of hydrogen-bond acceptors (Lipinski definition) is 4. The molecule has 1 rings (SSSR count). The Morgan fingerprint density at radius 3 is 2.50 bits per heavy atom. The summed E-state index contributed by atoms with van der Waals surface area (Å²) >= 11 is 0. The SMILES string of the molecule is Cc1nn(C)cc1CNC(=O)CCC(=O)OC(C)(C)C. The molecule has 0 saturated heterocycles. The molecule has 0 saturated carbocycles. The Balaban J connectivity index is 2.31. The smallest absolute Gasteiger partial charge is 0.306 e. The Kier molecular flexibility index (Phi) is 5.30. The molecule has 1 heterocycles. The predicted octanol–water partition coefficient (Wildman–Crippen LogP) is 1.47. The van der Waals surface area contributed by atoms with E-state index in [4.69, 9.17) is 4.74 Å². The summed E-state index contributed by atoms with van der Waals surface area (Å²) in [7, 11) is 1.83. The first-order chi connectivity index (χ1) is 9.17. The molecule has 1 amide bonds.